The minimum Gasteiger partial charge on any atom is -0.457 e. The van der Waals surface area contributed by atoms with Crippen molar-refractivity contribution in [1.29, 1.82) is 0 Å². The van der Waals surface area contributed by atoms with Crippen molar-refractivity contribution in [2.75, 3.05) is 38.5 Å². The predicted molar refractivity (Wildman–Crippen MR) is 165 cm³/mol. The van der Waals surface area contributed by atoms with E-state index in [1.54, 1.807) is 9.13 Å². The molecule has 0 saturated carbocycles. The minimum absolute atomic E-state index is 0.000234. The quantitative estimate of drug-likeness (QED) is 0.327. The monoisotopic (exact) mass is 585 g/mol. The molecule has 2 aromatic heterocycles. The van der Waals surface area contributed by atoms with Crippen molar-refractivity contribution in [3.05, 3.63) is 71.4 Å². The molecule has 2 fully saturated rings. The average molecular weight is 586 g/mol. The molecular formula is C32H39N7O4. The number of anilines is 1. The number of imidazole rings is 1. The summed E-state index contributed by atoms with van der Waals surface area (Å²) in [6.45, 7) is 9.64. The number of para-hydroxylation sites is 1. The Morgan fingerprint density at radius 2 is 1.65 bits per heavy atom. The van der Waals surface area contributed by atoms with Crippen molar-refractivity contribution in [3.8, 4) is 17.2 Å². The molecule has 2 aliphatic rings. The molecule has 2 aliphatic heterocycles. The summed E-state index contributed by atoms with van der Waals surface area (Å²) in [5.41, 5.74) is 7.36. The van der Waals surface area contributed by atoms with E-state index in [1.165, 1.54) is 6.33 Å². The highest BCUT2D eigenvalue weighted by atomic mass is 16.6. The fourth-order valence-corrected chi connectivity index (χ4v) is 5.91. The Morgan fingerprint density at radius 1 is 0.977 bits per heavy atom. The van der Waals surface area contributed by atoms with Crippen LogP contribution < -0.4 is 16.2 Å². The maximum absolute atomic E-state index is 13.8. The van der Waals surface area contributed by atoms with Crippen LogP contribution in [0, 0.1) is 5.92 Å². The number of amides is 1. The summed E-state index contributed by atoms with van der Waals surface area (Å²) in [6.07, 6.45) is 4.22. The van der Waals surface area contributed by atoms with E-state index in [0.717, 1.165) is 57.7 Å². The van der Waals surface area contributed by atoms with Crippen molar-refractivity contribution in [2.45, 2.75) is 51.7 Å². The Hall–Kier alpha value is -4.38. The third-order valence-electron chi connectivity index (χ3n) is 8.18. The smallest absolute Gasteiger partial charge is 0.410 e. The van der Waals surface area contributed by atoms with Gasteiger partial charge in [0.1, 0.15) is 28.9 Å². The van der Waals surface area contributed by atoms with Crippen LogP contribution in [0.15, 0.2) is 65.7 Å². The lowest BCUT2D eigenvalue weighted by atomic mass is 9.93. The SMILES string of the molecule is CC(C)(C)OC(=O)N1CCC(CCN2CC(n3c(=O)n(-c4ccc(Oc5ccccc5)cc4)c4c(N)ncnc43)C2)CC1. The molecule has 6 rings (SSSR count). The van der Waals surface area contributed by atoms with Gasteiger partial charge in [0.2, 0.25) is 0 Å². The molecule has 0 radical (unpaired) electrons. The molecule has 0 spiro atoms. The first kappa shape index (κ1) is 28.7. The molecule has 226 valence electrons. The van der Waals surface area contributed by atoms with Crippen molar-refractivity contribution >= 4 is 23.1 Å². The molecule has 11 nitrogen and oxygen atoms in total. The summed E-state index contributed by atoms with van der Waals surface area (Å²) < 4.78 is 14.8. The van der Waals surface area contributed by atoms with E-state index < -0.39 is 5.60 Å². The molecule has 2 saturated heterocycles. The fraction of sp³-hybridized carbons (Fsp3) is 0.438. The van der Waals surface area contributed by atoms with Gasteiger partial charge in [-0.05, 0) is 88.9 Å². The van der Waals surface area contributed by atoms with Gasteiger partial charge in [-0.2, -0.15) is 0 Å². The maximum atomic E-state index is 13.8. The largest absolute Gasteiger partial charge is 0.457 e. The highest BCUT2D eigenvalue weighted by molar-refractivity contribution is 5.84. The van der Waals surface area contributed by atoms with Gasteiger partial charge in [0.25, 0.3) is 0 Å². The number of ether oxygens (including phenoxy) is 2. The van der Waals surface area contributed by atoms with Gasteiger partial charge >= 0.3 is 11.8 Å². The van der Waals surface area contributed by atoms with Crippen LogP contribution in [0.5, 0.6) is 11.5 Å². The molecule has 0 bridgehead atoms. The Labute approximate surface area is 250 Å². The summed E-state index contributed by atoms with van der Waals surface area (Å²) in [7, 11) is 0. The Kier molecular flexibility index (Phi) is 7.83. The summed E-state index contributed by atoms with van der Waals surface area (Å²) in [6, 6.07) is 16.9. The number of rotatable bonds is 7. The molecule has 0 atom stereocenters. The summed E-state index contributed by atoms with van der Waals surface area (Å²) >= 11 is 0. The van der Waals surface area contributed by atoms with Crippen LogP contribution in [-0.4, -0.2) is 73.3 Å². The van der Waals surface area contributed by atoms with Gasteiger partial charge in [0, 0.05) is 26.2 Å². The van der Waals surface area contributed by atoms with Gasteiger partial charge < -0.3 is 20.1 Å². The molecule has 43 heavy (non-hydrogen) atoms. The average Bonchev–Trinajstić information content (AvgIpc) is 3.25. The van der Waals surface area contributed by atoms with Crippen LogP contribution in [0.4, 0.5) is 10.6 Å². The maximum Gasteiger partial charge on any atom is 0.410 e. The zero-order chi connectivity index (χ0) is 30.1. The number of aromatic nitrogens is 4. The van der Waals surface area contributed by atoms with Crippen molar-refractivity contribution in [1.82, 2.24) is 28.9 Å². The van der Waals surface area contributed by atoms with Crippen LogP contribution in [0.2, 0.25) is 0 Å². The zero-order valence-electron chi connectivity index (χ0n) is 25.0. The van der Waals surface area contributed by atoms with Crippen LogP contribution in [0.25, 0.3) is 16.9 Å². The first-order valence-corrected chi connectivity index (χ1v) is 14.9. The van der Waals surface area contributed by atoms with Crippen LogP contribution in [0.1, 0.15) is 46.1 Å². The van der Waals surface area contributed by atoms with Crippen molar-refractivity contribution < 1.29 is 14.3 Å². The molecule has 1 amide bonds. The minimum atomic E-state index is -0.476. The van der Waals surface area contributed by atoms with Crippen LogP contribution >= 0.6 is 0 Å². The molecular weight excluding hydrogens is 546 g/mol. The number of likely N-dealkylation sites (tertiary alicyclic amines) is 2. The molecule has 0 unspecified atom stereocenters. The Balaban J connectivity index is 1.10. The number of piperidine rings is 1. The zero-order valence-corrected chi connectivity index (χ0v) is 25.0. The molecule has 11 heteroatoms. The van der Waals surface area contributed by atoms with Crippen molar-refractivity contribution in [2.24, 2.45) is 5.92 Å². The van der Waals surface area contributed by atoms with E-state index in [9.17, 15) is 9.59 Å². The third-order valence-corrected chi connectivity index (χ3v) is 8.18. The van der Waals surface area contributed by atoms with E-state index in [1.807, 2.05) is 80.3 Å². The van der Waals surface area contributed by atoms with E-state index in [4.69, 9.17) is 15.2 Å². The lowest BCUT2D eigenvalue weighted by Crippen LogP contribution is -2.51. The highest BCUT2D eigenvalue weighted by Crippen LogP contribution is 2.30. The number of nitrogen functional groups attached to an aromatic ring is 1. The topological polar surface area (TPSA) is 121 Å². The Bertz CT molecular complexity index is 1630. The number of nitrogens with two attached hydrogens (primary N) is 1. The number of carbonyl (C=O) groups excluding carboxylic acids is 1. The van der Waals surface area contributed by atoms with E-state index >= 15 is 0 Å². The standard InChI is InChI=1S/C32H39N7O4/c1-32(2,3)43-31(41)37-17-14-22(15-18-37)13-16-36-19-24(20-36)39-29-27(28(33)34-21-35-29)38(30(39)40)23-9-11-26(12-10-23)42-25-7-5-4-6-8-25/h4-12,21-22,24H,13-20H2,1-3H3,(H2,33,34,35). The second-order valence-electron chi connectivity index (χ2n) is 12.4. The van der Waals surface area contributed by atoms with Gasteiger partial charge in [0.05, 0.1) is 11.7 Å². The number of hydrogen-bond acceptors (Lipinski definition) is 8. The van der Waals surface area contributed by atoms with Gasteiger partial charge in [-0.3, -0.25) is 14.0 Å². The van der Waals surface area contributed by atoms with Gasteiger partial charge in [-0.25, -0.2) is 19.6 Å². The molecule has 2 N–H and O–H groups in total. The van der Waals surface area contributed by atoms with E-state index in [2.05, 4.69) is 14.9 Å². The van der Waals surface area contributed by atoms with Crippen LogP contribution in [0.3, 0.4) is 0 Å². The third kappa shape index (κ3) is 6.22. The predicted octanol–water partition coefficient (Wildman–Crippen LogP) is 4.85. The number of benzene rings is 2. The molecule has 0 aliphatic carbocycles. The van der Waals surface area contributed by atoms with Gasteiger partial charge in [-0.15, -0.1) is 0 Å². The second-order valence-corrected chi connectivity index (χ2v) is 12.4. The van der Waals surface area contributed by atoms with E-state index in [-0.39, 0.29) is 23.6 Å². The second kappa shape index (κ2) is 11.7. The lowest BCUT2D eigenvalue weighted by molar-refractivity contribution is 0.0170. The number of hydrogen-bond donors (Lipinski definition) is 1. The van der Waals surface area contributed by atoms with Gasteiger partial charge in [0.15, 0.2) is 11.5 Å². The summed E-state index contributed by atoms with van der Waals surface area (Å²) in [5.74, 6) is 2.24. The number of fused-ring (bicyclic) bond motifs is 1. The first-order chi connectivity index (χ1) is 20.7. The molecule has 4 heterocycles. The highest BCUT2D eigenvalue weighted by Gasteiger charge is 2.34. The molecule has 4 aromatic rings. The van der Waals surface area contributed by atoms with E-state index in [0.29, 0.717) is 28.5 Å². The lowest BCUT2D eigenvalue weighted by Gasteiger charge is -2.41. The summed E-state index contributed by atoms with van der Waals surface area (Å²) in [5, 5.41) is 0. The molecule has 2 aromatic carbocycles. The first-order valence-electron chi connectivity index (χ1n) is 14.9. The number of carbonyl (C=O) groups is 1. The number of nitrogens with zero attached hydrogens (tertiary/aromatic N) is 6. The van der Waals surface area contributed by atoms with Crippen LogP contribution in [-0.2, 0) is 4.74 Å². The van der Waals surface area contributed by atoms with Crippen molar-refractivity contribution in [3.63, 3.8) is 0 Å². The normalized spacial score (nSPS) is 16.8. The fourth-order valence-electron chi connectivity index (χ4n) is 5.91. The van der Waals surface area contributed by atoms with Gasteiger partial charge in [-0.1, -0.05) is 18.2 Å². The summed E-state index contributed by atoms with van der Waals surface area (Å²) in [4.78, 5) is 39.1. The Morgan fingerprint density at radius 3 is 2.33 bits per heavy atom.